The van der Waals surface area contributed by atoms with Crippen molar-refractivity contribution in [3.63, 3.8) is 0 Å². The highest BCUT2D eigenvalue weighted by atomic mass is 16.2. The van der Waals surface area contributed by atoms with E-state index in [0.717, 1.165) is 38.0 Å². The Kier molecular flexibility index (Phi) is 5.77. The van der Waals surface area contributed by atoms with Crippen LogP contribution in [-0.2, 0) is 4.79 Å². The molecule has 27 heavy (non-hydrogen) atoms. The predicted octanol–water partition coefficient (Wildman–Crippen LogP) is 2.53. The lowest BCUT2D eigenvalue weighted by atomic mass is 9.95. The molecular formula is C22H31N3O2. The molecule has 1 heterocycles. The number of nitrogens with one attached hydrogen (secondary N) is 1. The third-order valence-corrected chi connectivity index (χ3v) is 6.39. The maximum Gasteiger partial charge on any atom is 0.253 e. The monoisotopic (exact) mass is 369 g/mol. The van der Waals surface area contributed by atoms with Crippen LogP contribution in [0.4, 0.5) is 0 Å². The molecule has 2 amide bonds. The van der Waals surface area contributed by atoms with E-state index in [1.807, 2.05) is 35.2 Å². The molecule has 1 N–H and O–H groups in total. The molecule has 4 rings (SSSR count). The minimum atomic E-state index is -0.0137. The van der Waals surface area contributed by atoms with Crippen LogP contribution in [0.25, 0.3) is 0 Å². The van der Waals surface area contributed by atoms with Gasteiger partial charge >= 0.3 is 0 Å². The lowest BCUT2D eigenvalue weighted by Crippen LogP contribution is -2.58. The summed E-state index contributed by atoms with van der Waals surface area (Å²) in [5, 5.41) is 3.22. The van der Waals surface area contributed by atoms with Gasteiger partial charge in [-0.25, -0.2) is 0 Å². The Balaban J connectivity index is 1.37. The first-order valence-corrected chi connectivity index (χ1v) is 10.6. The highest BCUT2D eigenvalue weighted by Gasteiger charge is 2.37. The Morgan fingerprint density at radius 1 is 0.963 bits per heavy atom. The molecule has 1 aromatic rings. The molecule has 0 bridgehead atoms. The van der Waals surface area contributed by atoms with E-state index in [9.17, 15) is 9.59 Å². The molecule has 1 aromatic carbocycles. The van der Waals surface area contributed by atoms with Gasteiger partial charge in [0.2, 0.25) is 5.91 Å². The molecule has 2 saturated carbocycles. The molecular weight excluding hydrogens is 338 g/mol. The van der Waals surface area contributed by atoms with E-state index in [-0.39, 0.29) is 17.9 Å². The summed E-state index contributed by atoms with van der Waals surface area (Å²) in [6.45, 7) is 3.82. The summed E-state index contributed by atoms with van der Waals surface area (Å²) in [6, 6.07) is 9.48. The van der Waals surface area contributed by atoms with Crippen molar-refractivity contribution in [2.24, 2.45) is 11.8 Å². The molecule has 1 aliphatic heterocycles. The van der Waals surface area contributed by atoms with Crippen molar-refractivity contribution >= 4 is 11.8 Å². The molecule has 2 aliphatic carbocycles. The lowest BCUT2D eigenvalue weighted by molar-refractivity contribution is -0.129. The van der Waals surface area contributed by atoms with Gasteiger partial charge in [-0.3, -0.25) is 14.5 Å². The molecule has 0 aromatic heterocycles. The van der Waals surface area contributed by atoms with E-state index in [2.05, 4.69) is 10.2 Å². The lowest BCUT2D eigenvalue weighted by Gasteiger charge is -2.40. The summed E-state index contributed by atoms with van der Waals surface area (Å²) >= 11 is 0. The molecule has 5 nitrogen and oxygen atoms in total. The molecule has 5 heteroatoms. The van der Waals surface area contributed by atoms with Crippen molar-refractivity contribution < 1.29 is 9.59 Å². The van der Waals surface area contributed by atoms with Crippen LogP contribution in [0.3, 0.4) is 0 Å². The summed E-state index contributed by atoms with van der Waals surface area (Å²) in [4.78, 5) is 29.9. The largest absolute Gasteiger partial charge is 0.354 e. The van der Waals surface area contributed by atoms with Crippen LogP contribution in [0.1, 0.15) is 48.9 Å². The van der Waals surface area contributed by atoms with Gasteiger partial charge in [0.15, 0.2) is 0 Å². The summed E-state index contributed by atoms with van der Waals surface area (Å²) in [7, 11) is 0. The second kappa shape index (κ2) is 8.42. The molecule has 0 unspecified atom stereocenters. The fourth-order valence-corrected chi connectivity index (χ4v) is 4.59. The van der Waals surface area contributed by atoms with Crippen LogP contribution in [0.2, 0.25) is 0 Å². The third-order valence-electron chi connectivity index (χ3n) is 6.39. The zero-order chi connectivity index (χ0) is 18.6. The Hall–Kier alpha value is -1.88. The van der Waals surface area contributed by atoms with Crippen molar-refractivity contribution in [2.45, 2.75) is 44.6 Å². The Labute approximate surface area is 162 Å². The third kappa shape index (κ3) is 4.52. The molecule has 0 radical (unpaired) electrons. The van der Waals surface area contributed by atoms with E-state index in [0.29, 0.717) is 24.9 Å². The van der Waals surface area contributed by atoms with E-state index in [1.165, 1.54) is 25.7 Å². The highest BCUT2D eigenvalue weighted by molar-refractivity contribution is 5.94. The van der Waals surface area contributed by atoms with Crippen LogP contribution in [0, 0.1) is 11.8 Å². The van der Waals surface area contributed by atoms with E-state index in [1.54, 1.807) is 0 Å². The summed E-state index contributed by atoms with van der Waals surface area (Å²) < 4.78 is 0. The van der Waals surface area contributed by atoms with Gasteiger partial charge in [-0.1, -0.05) is 31.0 Å². The summed E-state index contributed by atoms with van der Waals surface area (Å²) in [5.41, 5.74) is 0.750. The molecule has 1 saturated heterocycles. The fourth-order valence-electron chi connectivity index (χ4n) is 4.59. The van der Waals surface area contributed by atoms with E-state index in [4.69, 9.17) is 0 Å². The number of rotatable bonds is 6. The van der Waals surface area contributed by atoms with Crippen molar-refractivity contribution in [1.82, 2.24) is 15.1 Å². The first-order valence-electron chi connectivity index (χ1n) is 10.6. The summed E-state index contributed by atoms with van der Waals surface area (Å²) in [5.74, 6) is 1.50. The van der Waals surface area contributed by atoms with Gasteiger partial charge in [0, 0.05) is 38.3 Å². The zero-order valence-corrected chi connectivity index (χ0v) is 16.1. The van der Waals surface area contributed by atoms with Gasteiger partial charge in [-0.15, -0.1) is 0 Å². The average molecular weight is 370 g/mol. The Morgan fingerprint density at radius 2 is 1.63 bits per heavy atom. The average Bonchev–Trinajstić information content (AvgIpc) is 3.40. The zero-order valence-electron chi connectivity index (χ0n) is 16.1. The molecule has 3 fully saturated rings. The van der Waals surface area contributed by atoms with Gasteiger partial charge in [0.05, 0.1) is 6.04 Å². The van der Waals surface area contributed by atoms with Gasteiger partial charge in [0.1, 0.15) is 0 Å². The number of carbonyl (C=O) groups excluding carboxylic acids is 2. The van der Waals surface area contributed by atoms with Crippen LogP contribution in [0.15, 0.2) is 30.3 Å². The molecule has 146 valence electrons. The van der Waals surface area contributed by atoms with Gasteiger partial charge < -0.3 is 10.2 Å². The van der Waals surface area contributed by atoms with Gasteiger partial charge in [-0.05, 0) is 49.7 Å². The number of benzene rings is 1. The number of piperazine rings is 1. The van der Waals surface area contributed by atoms with Crippen molar-refractivity contribution in [3.8, 4) is 0 Å². The standard InChI is InChI=1S/C22H31N3O2/c26-21(23-16-17-10-11-17)20(18-6-4-5-7-18)24-12-14-25(15-13-24)22(27)19-8-2-1-3-9-19/h1-3,8-9,17-18,20H,4-7,10-16H2,(H,23,26)/t20-/m1/s1. The molecule has 0 spiro atoms. The van der Waals surface area contributed by atoms with Crippen molar-refractivity contribution in [2.75, 3.05) is 32.7 Å². The number of nitrogens with zero attached hydrogens (tertiary/aromatic N) is 2. The van der Waals surface area contributed by atoms with Crippen LogP contribution in [-0.4, -0.2) is 60.4 Å². The minimum absolute atomic E-state index is 0.0137. The Bertz CT molecular complexity index is 645. The van der Waals surface area contributed by atoms with Crippen molar-refractivity contribution in [3.05, 3.63) is 35.9 Å². The topological polar surface area (TPSA) is 52.7 Å². The number of hydrogen-bond acceptors (Lipinski definition) is 3. The van der Waals surface area contributed by atoms with E-state index < -0.39 is 0 Å². The van der Waals surface area contributed by atoms with Crippen LogP contribution in [0.5, 0.6) is 0 Å². The second-order valence-corrected chi connectivity index (χ2v) is 8.37. The second-order valence-electron chi connectivity index (χ2n) is 8.37. The van der Waals surface area contributed by atoms with Gasteiger partial charge in [-0.2, -0.15) is 0 Å². The summed E-state index contributed by atoms with van der Waals surface area (Å²) in [6.07, 6.45) is 7.31. The maximum atomic E-state index is 13.0. The van der Waals surface area contributed by atoms with Gasteiger partial charge in [0.25, 0.3) is 5.91 Å². The van der Waals surface area contributed by atoms with E-state index >= 15 is 0 Å². The van der Waals surface area contributed by atoms with Crippen molar-refractivity contribution in [1.29, 1.82) is 0 Å². The number of carbonyl (C=O) groups is 2. The first-order chi connectivity index (χ1) is 13.2. The smallest absolute Gasteiger partial charge is 0.253 e. The minimum Gasteiger partial charge on any atom is -0.354 e. The molecule has 3 aliphatic rings. The SMILES string of the molecule is O=C(NCC1CC1)[C@@H](C1CCCC1)N1CCN(C(=O)c2ccccc2)CC1. The number of amides is 2. The predicted molar refractivity (Wildman–Crippen MR) is 105 cm³/mol. The number of hydrogen-bond donors (Lipinski definition) is 1. The maximum absolute atomic E-state index is 13.0. The van der Waals surface area contributed by atoms with Crippen LogP contribution >= 0.6 is 0 Å². The first kappa shape index (κ1) is 18.5. The van der Waals surface area contributed by atoms with Crippen LogP contribution < -0.4 is 5.32 Å². The Morgan fingerprint density at radius 3 is 2.26 bits per heavy atom. The highest BCUT2D eigenvalue weighted by Crippen LogP contribution is 2.32. The molecule has 1 atom stereocenters. The fraction of sp³-hybridized carbons (Fsp3) is 0.636. The normalized spacial score (nSPS) is 22.6. The quantitative estimate of drug-likeness (QED) is 0.838.